The molecule has 150 valence electrons. The molecule has 0 aliphatic rings. The number of thiazole rings is 1. The van der Waals surface area contributed by atoms with E-state index in [1.165, 1.54) is 18.3 Å². The zero-order valence-corrected chi connectivity index (χ0v) is 17.7. The van der Waals surface area contributed by atoms with Gasteiger partial charge in [-0.05, 0) is 37.5 Å². The number of benzene rings is 2. The second-order valence-electron chi connectivity index (χ2n) is 6.91. The van der Waals surface area contributed by atoms with Crippen molar-refractivity contribution in [2.45, 2.75) is 40.2 Å². The summed E-state index contributed by atoms with van der Waals surface area (Å²) in [4.78, 5) is 30.4. The Morgan fingerprint density at radius 1 is 1.10 bits per heavy atom. The molecule has 0 aliphatic heterocycles. The van der Waals surface area contributed by atoms with Crippen LogP contribution in [-0.4, -0.2) is 16.9 Å². The molecule has 0 aliphatic carbocycles. The van der Waals surface area contributed by atoms with E-state index in [0.29, 0.717) is 23.7 Å². The normalized spacial score (nSPS) is 10.6. The lowest BCUT2D eigenvalue weighted by Crippen LogP contribution is -2.23. The molecule has 0 radical (unpaired) electrons. The summed E-state index contributed by atoms with van der Waals surface area (Å²) in [7, 11) is 0. The van der Waals surface area contributed by atoms with E-state index >= 15 is 0 Å². The fourth-order valence-electron chi connectivity index (χ4n) is 3.05. The summed E-state index contributed by atoms with van der Waals surface area (Å²) in [6.45, 7) is 5.61. The van der Waals surface area contributed by atoms with Crippen LogP contribution in [0.4, 0.5) is 10.8 Å². The summed E-state index contributed by atoms with van der Waals surface area (Å²) in [5.74, 6) is -0.376. The van der Waals surface area contributed by atoms with E-state index in [-0.39, 0.29) is 18.5 Å². The van der Waals surface area contributed by atoms with Crippen molar-refractivity contribution in [2.24, 2.45) is 0 Å². The molecule has 3 aromatic rings. The molecule has 0 N–H and O–H groups in total. The van der Waals surface area contributed by atoms with E-state index in [1.54, 1.807) is 4.90 Å². The first-order valence-corrected chi connectivity index (χ1v) is 10.3. The zero-order valence-electron chi connectivity index (χ0n) is 16.8. The summed E-state index contributed by atoms with van der Waals surface area (Å²) in [5, 5.41) is 2.39. The minimum Gasteiger partial charge on any atom is -0.459 e. The molecule has 0 unspecified atom stereocenters. The van der Waals surface area contributed by atoms with Crippen molar-refractivity contribution in [1.29, 1.82) is 0 Å². The van der Waals surface area contributed by atoms with Gasteiger partial charge in [0, 0.05) is 18.7 Å². The maximum Gasteiger partial charge on any atom is 0.306 e. The molecule has 1 heterocycles. The monoisotopic (exact) mass is 408 g/mol. The average molecular weight is 409 g/mol. The van der Waals surface area contributed by atoms with Crippen LogP contribution in [0.25, 0.3) is 0 Å². The van der Waals surface area contributed by atoms with E-state index in [0.717, 1.165) is 22.4 Å². The van der Waals surface area contributed by atoms with Crippen LogP contribution in [0, 0.1) is 13.8 Å². The molecule has 6 heteroatoms. The molecule has 1 amide bonds. The standard InChI is InChI=1S/C23H24N2O3S/c1-16-9-11-21(17(2)13-16)25(18(3)26)23-24-20(15-29-23)14-28-22(27)12-10-19-7-5-4-6-8-19/h4-9,11,13,15H,10,12,14H2,1-3H3. The second-order valence-corrected chi connectivity index (χ2v) is 7.75. The first kappa shape index (κ1) is 20.7. The summed E-state index contributed by atoms with van der Waals surface area (Å²) >= 11 is 1.36. The van der Waals surface area contributed by atoms with Gasteiger partial charge in [0.05, 0.1) is 11.4 Å². The third-order valence-electron chi connectivity index (χ3n) is 4.48. The fraction of sp³-hybridized carbons (Fsp3) is 0.261. The molecule has 0 spiro atoms. The van der Waals surface area contributed by atoms with Gasteiger partial charge in [-0.3, -0.25) is 14.5 Å². The smallest absolute Gasteiger partial charge is 0.306 e. The van der Waals surface area contributed by atoms with Crippen molar-refractivity contribution in [2.75, 3.05) is 4.90 Å². The Kier molecular flexibility index (Phi) is 6.77. The van der Waals surface area contributed by atoms with Crippen LogP contribution in [0.2, 0.25) is 0 Å². The first-order chi connectivity index (χ1) is 13.9. The van der Waals surface area contributed by atoms with Gasteiger partial charge in [-0.1, -0.05) is 48.0 Å². The van der Waals surface area contributed by atoms with Crippen LogP contribution in [-0.2, 0) is 27.4 Å². The molecule has 0 atom stereocenters. The number of hydrogen-bond acceptors (Lipinski definition) is 5. The maximum atomic E-state index is 12.3. The van der Waals surface area contributed by atoms with Gasteiger partial charge < -0.3 is 4.74 Å². The van der Waals surface area contributed by atoms with Crippen molar-refractivity contribution in [1.82, 2.24) is 4.98 Å². The molecule has 0 fully saturated rings. The van der Waals surface area contributed by atoms with Crippen LogP contribution in [0.15, 0.2) is 53.9 Å². The number of anilines is 2. The van der Waals surface area contributed by atoms with Gasteiger partial charge in [-0.25, -0.2) is 4.98 Å². The number of aryl methyl sites for hydroxylation is 3. The van der Waals surface area contributed by atoms with E-state index in [2.05, 4.69) is 4.98 Å². The highest BCUT2D eigenvalue weighted by molar-refractivity contribution is 7.14. The van der Waals surface area contributed by atoms with Crippen LogP contribution in [0.5, 0.6) is 0 Å². The summed E-state index contributed by atoms with van der Waals surface area (Å²) in [6, 6.07) is 15.8. The van der Waals surface area contributed by atoms with Crippen molar-refractivity contribution in [3.63, 3.8) is 0 Å². The van der Waals surface area contributed by atoms with Crippen LogP contribution in [0.3, 0.4) is 0 Å². The third-order valence-corrected chi connectivity index (χ3v) is 5.36. The van der Waals surface area contributed by atoms with Gasteiger partial charge >= 0.3 is 5.97 Å². The third kappa shape index (κ3) is 5.51. The first-order valence-electron chi connectivity index (χ1n) is 9.46. The minimum absolute atomic E-state index is 0.0999. The van der Waals surface area contributed by atoms with Crippen LogP contribution < -0.4 is 4.90 Å². The number of amides is 1. The minimum atomic E-state index is -0.263. The zero-order chi connectivity index (χ0) is 20.8. The number of ether oxygens (including phenoxy) is 1. The number of hydrogen-bond donors (Lipinski definition) is 0. The number of carbonyl (C=O) groups excluding carboxylic acids is 2. The number of rotatable bonds is 7. The molecule has 2 aromatic carbocycles. The fourth-order valence-corrected chi connectivity index (χ4v) is 3.91. The Hall–Kier alpha value is -2.99. The summed E-state index contributed by atoms with van der Waals surface area (Å²) in [6.07, 6.45) is 0.968. The van der Waals surface area contributed by atoms with Crippen molar-refractivity contribution < 1.29 is 14.3 Å². The van der Waals surface area contributed by atoms with E-state index < -0.39 is 0 Å². The predicted molar refractivity (Wildman–Crippen MR) is 115 cm³/mol. The van der Waals surface area contributed by atoms with Gasteiger partial charge in [-0.15, -0.1) is 11.3 Å². The van der Waals surface area contributed by atoms with E-state index in [9.17, 15) is 9.59 Å². The second kappa shape index (κ2) is 9.47. The Morgan fingerprint density at radius 3 is 2.55 bits per heavy atom. The average Bonchev–Trinajstić information content (AvgIpc) is 3.16. The van der Waals surface area contributed by atoms with Crippen molar-refractivity contribution in [3.05, 3.63) is 76.3 Å². The van der Waals surface area contributed by atoms with Gasteiger partial charge in [0.15, 0.2) is 5.13 Å². The quantitative estimate of drug-likeness (QED) is 0.509. The molecular weight excluding hydrogens is 384 g/mol. The molecule has 0 saturated heterocycles. The van der Waals surface area contributed by atoms with Crippen LogP contribution >= 0.6 is 11.3 Å². The Labute approximate surface area is 175 Å². The number of aromatic nitrogens is 1. The molecular formula is C23H24N2O3S. The highest BCUT2D eigenvalue weighted by Gasteiger charge is 2.20. The van der Waals surface area contributed by atoms with E-state index in [4.69, 9.17) is 4.74 Å². The lowest BCUT2D eigenvalue weighted by atomic mass is 10.1. The number of esters is 1. The molecule has 5 nitrogen and oxygen atoms in total. The van der Waals surface area contributed by atoms with Gasteiger partial charge in [0.2, 0.25) is 5.91 Å². The number of nitrogens with zero attached hydrogens (tertiary/aromatic N) is 2. The SMILES string of the molecule is CC(=O)N(c1nc(COC(=O)CCc2ccccc2)cs1)c1ccc(C)cc1C. The maximum absolute atomic E-state index is 12.3. The largest absolute Gasteiger partial charge is 0.459 e. The predicted octanol–water partition coefficient (Wildman–Crippen LogP) is 5.12. The summed E-state index contributed by atoms with van der Waals surface area (Å²) < 4.78 is 5.35. The highest BCUT2D eigenvalue weighted by Crippen LogP contribution is 2.31. The molecule has 3 rings (SSSR count). The highest BCUT2D eigenvalue weighted by atomic mass is 32.1. The Morgan fingerprint density at radius 2 is 1.86 bits per heavy atom. The molecule has 0 bridgehead atoms. The molecule has 29 heavy (non-hydrogen) atoms. The van der Waals surface area contributed by atoms with Crippen molar-refractivity contribution in [3.8, 4) is 0 Å². The molecule has 1 aromatic heterocycles. The summed E-state index contributed by atoms with van der Waals surface area (Å²) in [5.41, 5.74) is 4.69. The number of carbonyl (C=O) groups is 2. The van der Waals surface area contributed by atoms with Crippen molar-refractivity contribution >= 4 is 34.0 Å². The Bertz CT molecular complexity index is 998. The van der Waals surface area contributed by atoms with Gasteiger partial charge in [0.25, 0.3) is 0 Å². The Balaban J connectivity index is 1.62. The topological polar surface area (TPSA) is 59.5 Å². The lowest BCUT2D eigenvalue weighted by molar-refractivity contribution is -0.145. The van der Waals surface area contributed by atoms with Gasteiger partial charge in [-0.2, -0.15) is 0 Å². The lowest BCUT2D eigenvalue weighted by Gasteiger charge is -2.20. The van der Waals surface area contributed by atoms with E-state index in [1.807, 2.05) is 67.8 Å². The van der Waals surface area contributed by atoms with Crippen LogP contribution in [0.1, 0.15) is 35.7 Å². The van der Waals surface area contributed by atoms with Gasteiger partial charge in [0.1, 0.15) is 6.61 Å². The molecule has 0 saturated carbocycles.